The molecule has 0 saturated heterocycles. The highest BCUT2D eigenvalue weighted by atomic mass is 35.5. The van der Waals surface area contributed by atoms with Crippen molar-refractivity contribution < 1.29 is 9.84 Å². The van der Waals surface area contributed by atoms with Crippen LogP contribution in [0.15, 0.2) is 36.5 Å². The second-order valence-electron chi connectivity index (χ2n) is 8.82. The monoisotopic (exact) mass is 491 g/mol. The number of nitriles is 1. The van der Waals surface area contributed by atoms with E-state index in [4.69, 9.17) is 21.3 Å². The van der Waals surface area contributed by atoms with Crippen LogP contribution in [0.1, 0.15) is 11.1 Å². The van der Waals surface area contributed by atoms with Crippen LogP contribution < -0.4 is 20.3 Å². The lowest BCUT2D eigenvalue weighted by Gasteiger charge is -2.31. The Kier molecular flexibility index (Phi) is 6.34. The highest BCUT2D eigenvalue weighted by Gasteiger charge is 2.25. The van der Waals surface area contributed by atoms with Gasteiger partial charge in [-0.05, 0) is 56.4 Å². The Hall–Kier alpha value is -3.58. The van der Waals surface area contributed by atoms with Crippen molar-refractivity contribution in [3.8, 4) is 23.1 Å². The van der Waals surface area contributed by atoms with Crippen molar-refractivity contribution in [2.75, 3.05) is 56.1 Å². The van der Waals surface area contributed by atoms with Gasteiger partial charge in [0.05, 0.1) is 41.6 Å². The van der Waals surface area contributed by atoms with Gasteiger partial charge in [0.25, 0.3) is 0 Å². The largest absolute Gasteiger partial charge is 0.489 e. The molecule has 2 aromatic carbocycles. The third-order valence-electron chi connectivity index (χ3n) is 6.33. The van der Waals surface area contributed by atoms with Crippen molar-refractivity contribution in [1.29, 1.82) is 5.26 Å². The number of fused-ring (bicyclic) bond motifs is 2. The van der Waals surface area contributed by atoms with Gasteiger partial charge in [0.2, 0.25) is 5.95 Å². The number of aliphatic hydroxyl groups is 1. The first-order chi connectivity index (χ1) is 17.0. The van der Waals surface area contributed by atoms with Crippen LogP contribution in [-0.4, -0.2) is 66.5 Å². The number of ether oxygens (including phenoxy) is 1. The van der Waals surface area contributed by atoms with E-state index in [1.54, 1.807) is 12.3 Å². The van der Waals surface area contributed by atoms with Crippen LogP contribution in [0.2, 0.25) is 5.02 Å². The summed E-state index contributed by atoms with van der Waals surface area (Å²) in [5.41, 5.74) is 5.38. The Labute approximate surface area is 208 Å². The van der Waals surface area contributed by atoms with Gasteiger partial charge in [0.15, 0.2) is 0 Å². The van der Waals surface area contributed by atoms with E-state index < -0.39 is 0 Å². The molecule has 35 heavy (non-hydrogen) atoms. The average molecular weight is 492 g/mol. The molecule has 2 aliphatic heterocycles. The number of likely N-dealkylation sites (N-methyl/N-ethyl adjacent to an activating group) is 1. The number of aromatic nitrogens is 2. The minimum atomic E-state index is 0.0239. The molecule has 0 saturated carbocycles. The standard InChI is InChI=1S/C25H26ClN7O2/c1-32(2)19-9-16-8-18(26)11-21(24(16)35-13-19)31-25-28-4-3-20(30-25)15-7-17(12-27)23-22(10-15)33(5-6-34)14-29-23/h3-4,7-8,10-11,19,29,34H,5-6,9,13-14H2,1-2H3,(H,28,30,31). The highest BCUT2D eigenvalue weighted by molar-refractivity contribution is 6.31. The summed E-state index contributed by atoms with van der Waals surface area (Å²) >= 11 is 6.42. The predicted octanol–water partition coefficient (Wildman–Crippen LogP) is 3.46. The molecule has 2 aliphatic rings. The summed E-state index contributed by atoms with van der Waals surface area (Å²) in [6.07, 6.45) is 2.51. The fourth-order valence-corrected chi connectivity index (χ4v) is 4.71. The van der Waals surface area contributed by atoms with Crippen molar-refractivity contribution in [3.63, 3.8) is 0 Å². The maximum atomic E-state index is 9.70. The molecule has 0 fully saturated rings. The van der Waals surface area contributed by atoms with Gasteiger partial charge in [-0.2, -0.15) is 5.26 Å². The third-order valence-corrected chi connectivity index (χ3v) is 6.55. The van der Waals surface area contributed by atoms with Crippen molar-refractivity contribution in [3.05, 3.63) is 52.7 Å². The normalized spacial score (nSPS) is 16.2. The summed E-state index contributed by atoms with van der Waals surface area (Å²) < 4.78 is 6.10. The number of hydrogen-bond donors (Lipinski definition) is 3. The zero-order chi connectivity index (χ0) is 24.5. The van der Waals surface area contributed by atoms with Crippen molar-refractivity contribution in [2.24, 2.45) is 0 Å². The van der Waals surface area contributed by atoms with Crippen LogP contribution >= 0.6 is 11.6 Å². The van der Waals surface area contributed by atoms with E-state index in [9.17, 15) is 10.4 Å². The van der Waals surface area contributed by atoms with Gasteiger partial charge in [0.1, 0.15) is 18.4 Å². The molecule has 3 aromatic rings. The Morgan fingerprint density at radius 1 is 1.34 bits per heavy atom. The first-order valence-corrected chi connectivity index (χ1v) is 11.7. The smallest absolute Gasteiger partial charge is 0.227 e. The molecule has 5 rings (SSSR count). The lowest BCUT2D eigenvalue weighted by atomic mass is 10.0. The molecule has 180 valence electrons. The van der Waals surface area contributed by atoms with Gasteiger partial charge >= 0.3 is 0 Å². The summed E-state index contributed by atoms with van der Waals surface area (Å²) in [6.45, 7) is 1.62. The zero-order valence-corrected chi connectivity index (χ0v) is 20.3. The summed E-state index contributed by atoms with van der Waals surface area (Å²) in [7, 11) is 4.08. The molecule has 3 heterocycles. The van der Waals surface area contributed by atoms with E-state index in [0.717, 1.165) is 34.7 Å². The summed E-state index contributed by atoms with van der Waals surface area (Å²) in [5.74, 6) is 1.16. The first-order valence-electron chi connectivity index (χ1n) is 11.4. The highest BCUT2D eigenvalue weighted by Crippen LogP contribution is 2.40. The van der Waals surface area contributed by atoms with Crippen LogP contribution in [0.4, 0.5) is 23.0 Å². The molecule has 0 amide bonds. The van der Waals surface area contributed by atoms with Gasteiger partial charge in [-0.15, -0.1) is 0 Å². The average Bonchev–Trinajstić information content (AvgIpc) is 3.26. The molecule has 0 aliphatic carbocycles. The van der Waals surface area contributed by atoms with Gasteiger partial charge in [0, 0.05) is 29.4 Å². The number of aliphatic hydroxyl groups excluding tert-OH is 1. The van der Waals surface area contributed by atoms with Crippen LogP contribution in [0.5, 0.6) is 5.75 Å². The number of β-amino-alcohol motifs (C(OH)–C–C–N with tert-alkyl or cyclic N) is 1. The van der Waals surface area contributed by atoms with Crippen molar-refractivity contribution in [1.82, 2.24) is 14.9 Å². The Bertz CT molecular complexity index is 1310. The van der Waals surface area contributed by atoms with Crippen LogP contribution in [0.3, 0.4) is 0 Å². The molecule has 0 spiro atoms. The molecule has 9 nitrogen and oxygen atoms in total. The second-order valence-corrected chi connectivity index (χ2v) is 9.25. The van der Waals surface area contributed by atoms with E-state index in [1.165, 1.54) is 0 Å². The molecular weight excluding hydrogens is 466 g/mol. The fourth-order valence-electron chi connectivity index (χ4n) is 4.47. The number of anilines is 4. The Balaban J connectivity index is 1.47. The predicted molar refractivity (Wildman–Crippen MR) is 137 cm³/mol. The van der Waals surface area contributed by atoms with Crippen LogP contribution in [0, 0.1) is 11.3 Å². The maximum absolute atomic E-state index is 9.70. The van der Waals surface area contributed by atoms with Gasteiger partial charge in [-0.25, -0.2) is 9.97 Å². The fraction of sp³-hybridized carbons (Fsp3) is 0.320. The topological polar surface area (TPSA) is 110 Å². The Morgan fingerprint density at radius 2 is 2.20 bits per heavy atom. The van der Waals surface area contributed by atoms with Gasteiger partial charge < -0.3 is 30.3 Å². The van der Waals surface area contributed by atoms with E-state index >= 15 is 0 Å². The van der Waals surface area contributed by atoms with E-state index in [1.807, 2.05) is 43.3 Å². The van der Waals surface area contributed by atoms with Crippen LogP contribution in [-0.2, 0) is 6.42 Å². The number of halogens is 1. The third kappa shape index (κ3) is 4.56. The van der Waals surface area contributed by atoms with E-state index in [0.29, 0.717) is 47.7 Å². The van der Waals surface area contributed by atoms with Crippen LogP contribution in [0.25, 0.3) is 11.3 Å². The molecule has 0 radical (unpaired) electrons. The molecule has 1 unspecified atom stereocenters. The lowest BCUT2D eigenvalue weighted by Crippen LogP contribution is -2.38. The van der Waals surface area contributed by atoms with E-state index in [-0.39, 0.29) is 12.6 Å². The second kappa shape index (κ2) is 9.58. The van der Waals surface area contributed by atoms with Crippen molar-refractivity contribution >= 4 is 34.6 Å². The number of nitrogens with one attached hydrogen (secondary N) is 2. The molecule has 0 bridgehead atoms. The minimum Gasteiger partial charge on any atom is -0.489 e. The summed E-state index contributed by atoms with van der Waals surface area (Å²) in [4.78, 5) is 13.2. The maximum Gasteiger partial charge on any atom is 0.227 e. The van der Waals surface area contributed by atoms with Gasteiger partial charge in [-0.1, -0.05) is 11.6 Å². The minimum absolute atomic E-state index is 0.0239. The quantitative estimate of drug-likeness (QED) is 0.477. The number of hydrogen-bond acceptors (Lipinski definition) is 9. The van der Waals surface area contributed by atoms with Crippen molar-refractivity contribution in [2.45, 2.75) is 12.5 Å². The summed E-state index contributed by atoms with van der Waals surface area (Å²) in [5, 5.41) is 26.2. The number of benzene rings is 2. The Morgan fingerprint density at radius 3 is 2.97 bits per heavy atom. The molecule has 3 N–H and O–H groups in total. The molecule has 1 aromatic heterocycles. The van der Waals surface area contributed by atoms with E-state index in [2.05, 4.69) is 26.6 Å². The SMILES string of the molecule is CN(C)C1COc2c(cc(Cl)cc2Nc2nccc(-c3cc(C#N)c4c(c3)N(CCO)CN4)n2)C1. The molecular formula is C25H26ClN7O2. The summed E-state index contributed by atoms with van der Waals surface area (Å²) in [6, 6.07) is 11.9. The first kappa shape index (κ1) is 23.2. The van der Waals surface area contributed by atoms with Gasteiger partial charge in [-0.3, -0.25) is 0 Å². The molecule has 10 heteroatoms. The lowest BCUT2D eigenvalue weighted by molar-refractivity contribution is 0.166. The zero-order valence-electron chi connectivity index (χ0n) is 19.5. The molecule has 1 atom stereocenters. The number of nitrogens with zero attached hydrogens (tertiary/aromatic N) is 5. The number of rotatable bonds is 6.